The van der Waals surface area contributed by atoms with Gasteiger partial charge in [0.05, 0.1) is 28.5 Å². The quantitative estimate of drug-likeness (QED) is 0.433. The normalized spacial score (nSPS) is 15.5. The molecule has 0 aliphatic carbocycles. The Morgan fingerprint density at radius 1 is 1.19 bits per heavy atom. The summed E-state index contributed by atoms with van der Waals surface area (Å²) in [5.74, 6) is -0.399. The second-order valence-electron chi connectivity index (χ2n) is 8.27. The van der Waals surface area contributed by atoms with Crippen LogP contribution in [0, 0.1) is 0 Å². The molecule has 9 heteroatoms. The van der Waals surface area contributed by atoms with Gasteiger partial charge in [0.2, 0.25) is 0 Å². The van der Waals surface area contributed by atoms with E-state index in [0.29, 0.717) is 26.2 Å². The van der Waals surface area contributed by atoms with Crippen LogP contribution in [-0.2, 0) is 9.53 Å². The van der Waals surface area contributed by atoms with Crippen molar-refractivity contribution >= 4 is 45.0 Å². The second kappa shape index (κ2) is 10.8. The largest absolute Gasteiger partial charge is 0.507 e. The van der Waals surface area contributed by atoms with Crippen LogP contribution in [-0.4, -0.2) is 35.3 Å². The van der Waals surface area contributed by atoms with Crippen LogP contribution in [0.3, 0.4) is 0 Å². The molecule has 2 aromatic carbocycles. The number of hydrogen-bond donors (Lipinski definition) is 1. The Balaban J connectivity index is 1.88. The second-order valence-corrected chi connectivity index (χ2v) is 10.2. The number of rotatable bonds is 7. The van der Waals surface area contributed by atoms with Crippen LogP contribution in [0.1, 0.15) is 44.9 Å². The van der Waals surface area contributed by atoms with Gasteiger partial charge in [0, 0.05) is 34.9 Å². The lowest BCUT2D eigenvalue weighted by molar-refractivity contribution is -0.139. The number of nitrogens with zero attached hydrogens (tertiary/aromatic N) is 3. The molecule has 1 N–H and O–H groups in total. The van der Waals surface area contributed by atoms with Gasteiger partial charge in [-0.15, -0.1) is 0 Å². The SMILES string of the molecule is CCOC(=O)C1=C(C)N=c2s/c(=C/c3ccc(N(CC)CC)cc3O)c(=O)n2[C@H]1c1ccc(Br)cc1. The van der Waals surface area contributed by atoms with Gasteiger partial charge in [-0.3, -0.25) is 9.36 Å². The minimum atomic E-state index is -0.672. The van der Waals surface area contributed by atoms with Gasteiger partial charge in [-0.2, -0.15) is 0 Å². The highest BCUT2D eigenvalue weighted by Gasteiger charge is 2.33. The Labute approximate surface area is 221 Å². The lowest BCUT2D eigenvalue weighted by Gasteiger charge is -2.24. The number of fused-ring (bicyclic) bond motifs is 1. The average Bonchev–Trinajstić information content (AvgIpc) is 3.15. The van der Waals surface area contributed by atoms with Crippen LogP contribution >= 0.6 is 27.3 Å². The first kappa shape index (κ1) is 25.9. The molecular weight excluding hydrogens is 542 g/mol. The number of carbonyl (C=O) groups excluding carboxylic acids is 1. The topological polar surface area (TPSA) is 84.1 Å². The van der Waals surface area contributed by atoms with Gasteiger partial charge < -0.3 is 14.7 Å². The van der Waals surface area contributed by atoms with Crippen LogP contribution in [0.25, 0.3) is 6.08 Å². The highest BCUT2D eigenvalue weighted by molar-refractivity contribution is 9.10. The van der Waals surface area contributed by atoms with Gasteiger partial charge >= 0.3 is 5.97 Å². The average molecular weight is 571 g/mol. The molecule has 0 saturated heterocycles. The van der Waals surface area contributed by atoms with Crippen molar-refractivity contribution in [3.8, 4) is 5.75 Å². The third kappa shape index (κ3) is 4.90. The summed E-state index contributed by atoms with van der Waals surface area (Å²) >= 11 is 4.68. The monoisotopic (exact) mass is 569 g/mol. The molecule has 4 rings (SSSR count). The highest BCUT2D eigenvalue weighted by Crippen LogP contribution is 2.31. The predicted molar refractivity (Wildman–Crippen MR) is 146 cm³/mol. The van der Waals surface area contributed by atoms with E-state index in [1.54, 1.807) is 30.6 Å². The van der Waals surface area contributed by atoms with Crippen molar-refractivity contribution in [3.63, 3.8) is 0 Å². The lowest BCUT2D eigenvalue weighted by atomic mass is 9.96. The van der Waals surface area contributed by atoms with Crippen LogP contribution in [0.5, 0.6) is 5.75 Å². The molecule has 0 saturated carbocycles. The van der Waals surface area contributed by atoms with E-state index in [2.05, 4.69) is 39.7 Å². The van der Waals surface area contributed by atoms with Gasteiger partial charge in [-0.05, 0) is 63.6 Å². The van der Waals surface area contributed by atoms with Crippen LogP contribution in [0.15, 0.2) is 68.0 Å². The number of esters is 1. The summed E-state index contributed by atoms with van der Waals surface area (Å²) in [7, 11) is 0. The third-order valence-corrected chi connectivity index (χ3v) is 7.64. The highest BCUT2D eigenvalue weighted by atomic mass is 79.9. The maximum Gasteiger partial charge on any atom is 0.338 e. The maximum atomic E-state index is 13.7. The minimum absolute atomic E-state index is 0.0955. The zero-order valence-electron chi connectivity index (χ0n) is 20.6. The van der Waals surface area contributed by atoms with E-state index in [-0.39, 0.29) is 17.9 Å². The van der Waals surface area contributed by atoms with Crippen molar-refractivity contribution in [1.82, 2.24) is 4.57 Å². The summed E-state index contributed by atoms with van der Waals surface area (Å²) in [5, 5.41) is 10.7. The number of phenols is 1. The zero-order chi connectivity index (χ0) is 26.0. The molecule has 2 heterocycles. The number of aromatic nitrogens is 1. The summed E-state index contributed by atoms with van der Waals surface area (Å²) < 4.78 is 8.17. The summed E-state index contributed by atoms with van der Waals surface area (Å²) in [4.78, 5) is 33.9. The molecule has 1 aliphatic heterocycles. The Bertz CT molecular complexity index is 1500. The number of ether oxygens (including phenoxy) is 1. The van der Waals surface area contributed by atoms with Gasteiger partial charge in [0.15, 0.2) is 4.80 Å². The number of allylic oxidation sites excluding steroid dienone is 1. The molecule has 0 radical (unpaired) electrons. The fraction of sp³-hybridized carbons (Fsp3) is 0.296. The van der Waals surface area contributed by atoms with Crippen molar-refractivity contribution in [2.75, 3.05) is 24.6 Å². The molecule has 36 heavy (non-hydrogen) atoms. The Morgan fingerprint density at radius 2 is 1.89 bits per heavy atom. The summed E-state index contributed by atoms with van der Waals surface area (Å²) in [6.45, 7) is 9.49. The smallest absolute Gasteiger partial charge is 0.338 e. The molecule has 1 atom stereocenters. The molecule has 0 amide bonds. The van der Waals surface area contributed by atoms with E-state index >= 15 is 0 Å². The Morgan fingerprint density at radius 3 is 2.50 bits per heavy atom. The maximum absolute atomic E-state index is 13.7. The number of hydrogen-bond acceptors (Lipinski definition) is 7. The fourth-order valence-corrected chi connectivity index (χ4v) is 5.63. The first-order chi connectivity index (χ1) is 17.3. The first-order valence-electron chi connectivity index (χ1n) is 11.8. The van der Waals surface area contributed by atoms with E-state index in [4.69, 9.17) is 4.74 Å². The zero-order valence-corrected chi connectivity index (χ0v) is 23.0. The molecule has 1 aromatic heterocycles. The summed E-state index contributed by atoms with van der Waals surface area (Å²) in [5.41, 5.74) is 2.80. The standard InChI is InChI=1S/C27H28BrN3O4S/c1-5-30(6-2)20-13-10-18(21(32)15-20)14-22-25(33)31-24(17-8-11-19(28)12-9-17)23(26(34)35-7-3)16(4)29-27(31)36-22/h8-15,24,32H,5-7H2,1-4H3/b22-14+/t24-/m0/s1. The number of anilines is 1. The van der Waals surface area contributed by atoms with E-state index in [1.165, 1.54) is 11.3 Å². The molecule has 0 fully saturated rings. The van der Waals surface area contributed by atoms with Crippen molar-refractivity contribution in [2.24, 2.45) is 4.99 Å². The van der Waals surface area contributed by atoms with E-state index in [1.807, 2.05) is 36.4 Å². The number of aromatic hydroxyl groups is 1. The minimum Gasteiger partial charge on any atom is -0.507 e. The third-order valence-electron chi connectivity index (χ3n) is 6.13. The van der Waals surface area contributed by atoms with Crippen LogP contribution < -0.4 is 19.8 Å². The van der Waals surface area contributed by atoms with Crippen molar-refractivity contribution in [1.29, 1.82) is 0 Å². The molecule has 7 nitrogen and oxygen atoms in total. The van der Waals surface area contributed by atoms with Gasteiger partial charge in [0.25, 0.3) is 5.56 Å². The lowest BCUT2D eigenvalue weighted by Crippen LogP contribution is -2.39. The van der Waals surface area contributed by atoms with E-state index < -0.39 is 12.0 Å². The fourth-order valence-electron chi connectivity index (χ4n) is 4.33. The Kier molecular flexibility index (Phi) is 7.80. The van der Waals surface area contributed by atoms with Gasteiger partial charge in [-0.1, -0.05) is 39.4 Å². The van der Waals surface area contributed by atoms with Crippen molar-refractivity contribution in [2.45, 2.75) is 33.7 Å². The number of carbonyl (C=O) groups is 1. The van der Waals surface area contributed by atoms with Gasteiger partial charge in [0.1, 0.15) is 5.75 Å². The van der Waals surface area contributed by atoms with Crippen molar-refractivity contribution in [3.05, 3.63) is 89.0 Å². The van der Waals surface area contributed by atoms with Crippen molar-refractivity contribution < 1.29 is 14.6 Å². The predicted octanol–water partition coefficient (Wildman–Crippen LogP) is 4.11. The van der Waals surface area contributed by atoms with Gasteiger partial charge in [-0.25, -0.2) is 9.79 Å². The molecule has 188 valence electrons. The van der Waals surface area contributed by atoms with E-state index in [0.717, 1.165) is 28.8 Å². The number of phenolic OH excluding ortho intramolecular Hbond substituents is 1. The first-order valence-corrected chi connectivity index (χ1v) is 13.4. The summed E-state index contributed by atoms with van der Waals surface area (Å²) in [6.07, 6.45) is 1.67. The van der Waals surface area contributed by atoms with Crippen LogP contribution in [0.2, 0.25) is 0 Å². The number of benzene rings is 2. The van der Waals surface area contributed by atoms with Crippen LogP contribution in [0.4, 0.5) is 5.69 Å². The number of thiazole rings is 1. The molecule has 0 unspecified atom stereocenters. The summed E-state index contributed by atoms with van der Waals surface area (Å²) in [6, 6.07) is 12.3. The molecule has 1 aliphatic rings. The molecule has 0 spiro atoms. The molecule has 3 aromatic rings. The molecule has 0 bridgehead atoms. The van der Waals surface area contributed by atoms with E-state index in [9.17, 15) is 14.7 Å². The molecular formula is C27H28BrN3O4S. The number of halogens is 1. The Hall–Kier alpha value is -3.17.